The predicted molar refractivity (Wildman–Crippen MR) is 119 cm³/mol. The number of nitrogens with one attached hydrogen (secondary N) is 1. The zero-order valence-electron chi connectivity index (χ0n) is 17.9. The fraction of sp³-hybridized carbons (Fsp3) is 0.261. The summed E-state index contributed by atoms with van der Waals surface area (Å²) in [6.07, 6.45) is 0. The van der Waals surface area contributed by atoms with Gasteiger partial charge in [-0.2, -0.15) is 0 Å². The van der Waals surface area contributed by atoms with Crippen LogP contribution in [0.1, 0.15) is 52.8 Å². The fourth-order valence-electron chi connectivity index (χ4n) is 3.07. The standard InChI is InChI=1S/C23H26N2O5S/c1-14(2)19-9-5-15(3)11-22(19)29-13-17-7-10-21(30-17)23(26)25-20-12-18(31(24,27)28)8-6-16(20)4/h5-12,14H,13H2,1-4H3,(H,25,26)(H2,24,27,28). The molecule has 7 nitrogen and oxygen atoms in total. The summed E-state index contributed by atoms with van der Waals surface area (Å²) in [6.45, 7) is 8.12. The molecule has 0 saturated carbocycles. The predicted octanol–water partition coefficient (Wildman–Crippen LogP) is 4.50. The lowest BCUT2D eigenvalue weighted by molar-refractivity contribution is 0.0992. The third-order valence-corrected chi connectivity index (χ3v) is 5.74. The van der Waals surface area contributed by atoms with Crippen molar-refractivity contribution < 1.29 is 22.4 Å². The van der Waals surface area contributed by atoms with Crippen LogP contribution in [0, 0.1) is 13.8 Å². The van der Waals surface area contributed by atoms with Crippen LogP contribution in [-0.4, -0.2) is 14.3 Å². The highest BCUT2D eigenvalue weighted by atomic mass is 32.2. The van der Waals surface area contributed by atoms with Crippen LogP contribution >= 0.6 is 0 Å². The number of primary sulfonamides is 1. The second kappa shape index (κ2) is 8.95. The highest BCUT2D eigenvalue weighted by molar-refractivity contribution is 7.89. The van der Waals surface area contributed by atoms with Gasteiger partial charge in [0.25, 0.3) is 5.91 Å². The van der Waals surface area contributed by atoms with Gasteiger partial charge in [0, 0.05) is 5.69 Å². The number of anilines is 1. The quantitative estimate of drug-likeness (QED) is 0.560. The largest absolute Gasteiger partial charge is 0.485 e. The maximum absolute atomic E-state index is 12.6. The first kappa shape index (κ1) is 22.6. The summed E-state index contributed by atoms with van der Waals surface area (Å²) in [4.78, 5) is 12.5. The first-order valence-corrected chi connectivity index (χ1v) is 11.4. The van der Waals surface area contributed by atoms with Gasteiger partial charge < -0.3 is 14.5 Å². The van der Waals surface area contributed by atoms with E-state index >= 15 is 0 Å². The molecule has 0 aliphatic heterocycles. The number of carbonyl (C=O) groups excluding carboxylic acids is 1. The molecule has 3 aromatic rings. The second-order valence-corrected chi connectivity index (χ2v) is 9.29. The van der Waals surface area contributed by atoms with Crippen LogP contribution in [0.5, 0.6) is 5.75 Å². The van der Waals surface area contributed by atoms with Gasteiger partial charge in [0.2, 0.25) is 10.0 Å². The van der Waals surface area contributed by atoms with E-state index in [1.807, 2.05) is 25.1 Å². The molecule has 0 spiro atoms. The number of carbonyl (C=O) groups is 1. The Morgan fingerprint density at radius 1 is 1.10 bits per heavy atom. The molecule has 8 heteroatoms. The number of ether oxygens (including phenoxy) is 1. The number of furan rings is 1. The van der Waals surface area contributed by atoms with Crippen molar-refractivity contribution in [3.63, 3.8) is 0 Å². The molecule has 164 valence electrons. The van der Waals surface area contributed by atoms with Crippen LogP contribution in [-0.2, 0) is 16.6 Å². The molecule has 2 aromatic carbocycles. The SMILES string of the molecule is Cc1ccc(C(C)C)c(OCc2ccc(C(=O)Nc3cc(S(N)(=O)=O)ccc3C)o2)c1. The van der Waals surface area contributed by atoms with Crippen LogP contribution in [0.25, 0.3) is 0 Å². The normalized spacial score (nSPS) is 11.5. The molecule has 1 amide bonds. The molecule has 3 N–H and O–H groups in total. The minimum atomic E-state index is -3.88. The molecular weight excluding hydrogens is 416 g/mol. The number of benzene rings is 2. The number of hydrogen-bond acceptors (Lipinski definition) is 5. The van der Waals surface area contributed by atoms with E-state index in [0.717, 1.165) is 16.9 Å². The number of amides is 1. The lowest BCUT2D eigenvalue weighted by Crippen LogP contribution is -2.15. The van der Waals surface area contributed by atoms with E-state index in [2.05, 4.69) is 19.2 Å². The molecule has 0 unspecified atom stereocenters. The molecule has 1 heterocycles. The summed E-state index contributed by atoms with van der Waals surface area (Å²) in [5.41, 5.74) is 3.22. The Bertz CT molecular complexity index is 1210. The van der Waals surface area contributed by atoms with Gasteiger partial charge in [-0.25, -0.2) is 13.6 Å². The molecule has 0 radical (unpaired) electrons. The van der Waals surface area contributed by atoms with Gasteiger partial charge in [-0.15, -0.1) is 0 Å². The summed E-state index contributed by atoms with van der Waals surface area (Å²) in [5.74, 6) is 1.18. The van der Waals surface area contributed by atoms with Crippen LogP contribution in [0.3, 0.4) is 0 Å². The van der Waals surface area contributed by atoms with E-state index < -0.39 is 15.9 Å². The average Bonchev–Trinajstić information content (AvgIpc) is 3.16. The molecule has 3 rings (SSSR count). The molecule has 0 bridgehead atoms. The Balaban J connectivity index is 1.72. The summed E-state index contributed by atoms with van der Waals surface area (Å²) in [5, 5.41) is 7.83. The van der Waals surface area contributed by atoms with Crippen molar-refractivity contribution in [1.82, 2.24) is 0 Å². The molecule has 0 aliphatic carbocycles. The topological polar surface area (TPSA) is 112 Å². The van der Waals surface area contributed by atoms with E-state index in [1.165, 1.54) is 12.1 Å². The molecule has 31 heavy (non-hydrogen) atoms. The van der Waals surface area contributed by atoms with Crippen molar-refractivity contribution in [2.24, 2.45) is 5.14 Å². The summed E-state index contributed by atoms with van der Waals surface area (Å²) >= 11 is 0. The first-order chi connectivity index (χ1) is 14.5. The number of sulfonamides is 1. The zero-order chi connectivity index (χ0) is 22.8. The summed E-state index contributed by atoms with van der Waals surface area (Å²) < 4.78 is 34.7. The third kappa shape index (κ3) is 5.53. The molecular formula is C23H26N2O5S. The van der Waals surface area contributed by atoms with Crippen molar-refractivity contribution in [2.45, 2.75) is 45.1 Å². The molecule has 0 aliphatic rings. The molecule has 0 fully saturated rings. The van der Waals surface area contributed by atoms with E-state index in [1.54, 1.807) is 25.1 Å². The Morgan fingerprint density at radius 2 is 1.84 bits per heavy atom. The minimum Gasteiger partial charge on any atom is -0.485 e. The van der Waals surface area contributed by atoms with Gasteiger partial charge >= 0.3 is 0 Å². The zero-order valence-corrected chi connectivity index (χ0v) is 18.7. The third-order valence-electron chi connectivity index (χ3n) is 4.83. The van der Waals surface area contributed by atoms with Gasteiger partial charge in [-0.3, -0.25) is 4.79 Å². The van der Waals surface area contributed by atoms with Crippen molar-refractivity contribution in [2.75, 3.05) is 5.32 Å². The maximum Gasteiger partial charge on any atom is 0.291 e. The van der Waals surface area contributed by atoms with Gasteiger partial charge in [0.15, 0.2) is 5.76 Å². The van der Waals surface area contributed by atoms with E-state index in [9.17, 15) is 13.2 Å². The van der Waals surface area contributed by atoms with Crippen molar-refractivity contribution in [1.29, 1.82) is 0 Å². The highest BCUT2D eigenvalue weighted by Gasteiger charge is 2.16. The fourth-order valence-corrected chi connectivity index (χ4v) is 3.61. The summed E-state index contributed by atoms with van der Waals surface area (Å²) in [7, 11) is -3.88. The Morgan fingerprint density at radius 3 is 2.52 bits per heavy atom. The molecule has 1 aromatic heterocycles. The van der Waals surface area contributed by atoms with Gasteiger partial charge in [-0.05, 0) is 66.8 Å². The van der Waals surface area contributed by atoms with Crippen LogP contribution < -0.4 is 15.2 Å². The number of rotatable bonds is 7. The van der Waals surface area contributed by atoms with Gasteiger partial charge in [0.05, 0.1) is 4.90 Å². The minimum absolute atomic E-state index is 0.0824. The summed E-state index contributed by atoms with van der Waals surface area (Å²) in [6, 6.07) is 13.6. The van der Waals surface area contributed by atoms with Crippen LogP contribution in [0.4, 0.5) is 5.69 Å². The Kier molecular flexibility index (Phi) is 6.52. The Labute approximate surface area is 182 Å². The maximum atomic E-state index is 12.6. The molecule has 0 saturated heterocycles. The van der Waals surface area contributed by atoms with E-state index in [-0.39, 0.29) is 17.3 Å². The first-order valence-electron chi connectivity index (χ1n) is 9.81. The smallest absolute Gasteiger partial charge is 0.291 e. The van der Waals surface area contributed by atoms with Crippen molar-refractivity contribution >= 4 is 21.6 Å². The van der Waals surface area contributed by atoms with Crippen LogP contribution in [0.15, 0.2) is 57.8 Å². The van der Waals surface area contributed by atoms with Crippen molar-refractivity contribution in [3.05, 3.63) is 76.7 Å². The van der Waals surface area contributed by atoms with E-state index in [4.69, 9.17) is 14.3 Å². The van der Waals surface area contributed by atoms with Crippen LogP contribution in [0.2, 0.25) is 0 Å². The Hall–Kier alpha value is -3.10. The second-order valence-electron chi connectivity index (χ2n) is 7.73. The monoisotopic (exact) mass is 442 g/mol. The number of hydrogen-bond donors (Lipinski definition) is 2. The van der Waals surface area contributed by atoms with E-state index in [0.29, 0.717) is 22.9 Å². The number of nitrogens with two attached hydrogens (primary N) is 1. The lowest BCUT2D eigenvalue weighted by atomic mass is 10.0. The lowest BCUT2D eigenvalue weighted by Gasteiger charge is -2.14. The molecule has 0 atom stereocenters. The van der Waals surface area contributed by atoms with Gasteiger partial charge in [0.1, 0.15) is 18.1 Å². The highest BCUT2D eigenvalue weighted by Crippen LogP contribution is 2.28. The number of aryl methyl sites for hydroxylation is 2. The van der Waals surface area contributed by atoms with Crippen molar-refractivity contribution in [3.8, 4) is 5.75 Å². The average molecular weight is 443 g/mol. The van der Waals surface area contributed by atoms with Gasteiger partial charge in [-0.1, -0.05) is 32.0 Å².